The first-order chi connectivity index (χ1) is 13.8. The molecular formula is C22H30N2O4S. The van der Waals surface area contributed by atoms with Crippen molar-refractivity contribution in [3.05, 3.63) is 36.4 Å². The maximum Gasteiger partial charge on any atom is 0.243 e. The number of rotatable bonds is 6. The van der Waals surface area contributed by atoms with Crippen LogP contribution in [0.25, 0.3) is 10.8 Å². The number of sulfonamides is 1. The van der Waals surface area contributed by atoms with Gasteiger partial charge in [0.05, 0.1) is 12.0 Å². The van der Waals surface area contributed by atoms with E-state index in [4.69, 9.17) is 4.74 Å². The van der Waals surface area contributed by atoms with Gasteiger partial charge in [0, 0.05) is 35.8 Å². The van der Waals surface area contributed by atoms with Crippen molar-refractivity contribution < 1.29 is 17.9 Å². The predicted octanol–water partition coefficient (Wildman–Crippen LogP) is 3.41. The molecule has 0 saturated carbocycles. The van der Waals surface area contributed by atoms with Gasteiger partial charge in [-0.1, -0.05) is 38.1 Å². The second kappa shape index (κ2) is 8.71. The van der Waals surface area contributed by atoms with Crippen molar-refractivity contribution in [3.63, 3.8) is 0 Å². The van der Waals surface area contributed by atoms with Crippen LogP contribution in [0.15, 0.2) is 41.3 Å². The third-order valence-corrected chi connectivity index (χ3v) is 7.83. The Labute approximate surface area is 173 Å². The van der Waals surface area contributed by atoms with Gasteiger partial charge in [0.1, 0.15) is 5.75 Å². The summed E-state index contributed by atoms with van der Waals surface area (Å²) in [7, 11) is -2.08. The van der Waals surface area contributed by atoms with E-state index in [2.05, 4.69) is 19.2 Å². The van der Waals surface area contributed by atoms with Crippen LogP contribution < -0.4 is 10.1 Å². The number of nitrogens with zero attached hydrogens (tertiary/aromatic N) is 1. The van der Waals surface area contributed by atoms with Crippen LogP contribution in [0.2, 0.25) is 0 Å². The van der Waals surface area contributed by atoms with Crippen LogP contribution in [-0.2, 0) is 14.8 Å². The molecule has 2 aromatic rings. The van der Waals surface area contributed by atoms with Crippen molar-refractivity contribution in [1.29, 1.82) is 0 Å². The molecule has 0 aromatic heterocycles. The molecule has 0 radical (unpaired) electrons. The fourth-order valence-corrected chi connectivity index (χ4v) is 5.32. The van der Waals surface area contributed by atoms with E-state index in [1.165, 1.54) is 4.31 Å². The van der Waals surface area contributed by atoms with E-state index in [-0.39, 0.29) is 22.8 Å². The van der Waals surface area contributed by atoms with Gasteiger partial charge in [-0.2, -0.15) is 4.31 Å². The van der Waals surface area contributed by atoms with Crippen LogP contribution in [0.4, 0.5) is 0 Å². The van der Waals surface area contributed by atoms with Crippen LogP contribution in [0, 0.1) is 11.8 Å². The first-order valence-electron chi connectivity index (χ1n) is 10.1. The summed E-state index contributed by atoms with van der Waals surface area (Å²) in [4.78, 5) is 12.8. The van der Waals surface area contributed by atoms with Gasteiger partial charge in [-0.05, 0) is 37.8 Å². The Bertz CT molecular complexity index is 979. The molecule has 1 aliphatic rings. The minimum atomic E-state index is -3.65. The Balaban J connectivity index is 1.78. The van der Waals surface area contributed by atoms with E-state index in [1.54, 1.807) is 25.3 Å². The Morgan fingerprint density at radius 1 is 1.07 bits per heavy atom. The van der Waals surface area contributed by atoms with Crippen LogP contribution >= 0.6 is 0 Å². The highest BCUT2D eigenvalue weighted by Crippen LogP contribution is 2.33. The fraction of sp³-hybridized carbons (Fsp3) is 0.500. The Kier molecular flexibility index (Phi) is 6.49. The number of piperidine rings is 1. The molecule has 0 spiro atoms. The molecule has 1 atom stereocenters. The molecule has 1 unspecified atom stereocenters. The Hall–Kier alpha value is -2.12. The normalized spacial score (nSPS) is 17.4. The summed E-state index contributed by atoms with van der Waals surface area (Å²) < 4.78 is 33.5. The number of carbonyl (C=O) groups excluding carboxylic acids is 1. The van der Waals surface area contributed by atoms with Gasteiger partial charge in [0.2, 0.25) is 15.9 Å². The maximum absolute atomic E-state index is 13.3. The summed E-state index contributed by atoms with van der Waals surface area (Å²) in [5, 5.41) is 4.47. The zero-order valence-electron chi connectivity index (χ0n) is 17.5. The molecule has 3 rings (SSSR count). The molecule has 1 fully saturated rings. The SMILES string of the molecule is COc1ccc(S(=O)(=O)N2CCC(C(=O)NC(C)C(C)C)CC2)c2ccccc12. The number of fused-ring (bicyclic) bond motifs is 1. The highest BCUT2D eigenvalue weighted by molar-refractivity contribution is 7.89. The lowest BCUT2D eigenvalue weighted by Crippen LogP contribution is -2.45. The average Bonchev–Trinajstić information content (AvgIpc) is 2.72. The summed E-state index contributed by atoms with van der Waals surface area (Å²) in [5.41, 5.74) is 0. The number of hydrogen-bond donors (Lipinski definition) is 1. The Morgan fingerprint density at radius 3 is 2.28 bits per heavy atom. The molecule has 1 saturated heterocycles. The molecule has 29 heavy (non-hydrogen) atoms. The minimum absolute atomic E-state index is 0.0261. The van der Waals surface area contributed by atoms with Crippen molar-refractivity contribution >= 4 is 26.7 Å². The van der Waals surface area contributed by atoms with Crippen LogP contribution in [0.5, 0.6) is 5.75 Å². The van der Waals surface area contributed by atoms with E-state index in [0.29, 0.717) is 43.0 Å². The van der Waals surface area contributed by atoms with E-state index in [1.807, 2.05) is 25.1 Å². The van der Waals surface area contributed by atoms with Gasteiger partial charge >= 0.3 is 0 Å². The van der Waals surface area contributed by atoms with Gasteiger partial charge in [-0.3, -0.25) is 4.79 Å². The van der Waals surface area contributed by atoms with Gasteiger partial charge in [-0.15, -0.1) is 0 Å². The summed E-state index contributed by atoms with van der Waals surface area (Å²) in [6.45, 7) is 6.82. The third-order valence-electron chi connectivity index (χ3n) is 5.88. The van der Waals surface area contributed by atoms with E-state index >= 15 is 0 Å². The zero-order valence-corrected chi connectivity index (χ0v) is 18.3. The highest BCUT2D eigenvalue weighted by atomic mass is 32.2. The summed E-state index contributed by atoms with van der Waals surface area (Å²) >= 11 is 0. The first-order valence-corrected chi connectivity index (χ1v) is 11.6. The predicted molar refractivity (Wildman–Crippen MR) is 114 cm³/mol. The van der Waals surface area contributed by atoms with E-state index in [9.17, 15) is 13.2 Å². The van der Waals surface area contributed by atoms with E-state index in [0.717, 1.165) is 5.39 Å². The molecule has 6 nitrogen and oxygen atoms in total. The number of benzene rings is 2. The lowest BCUT2D eigenvalue weighted by atomic mass is 9.96. The molecule has 0 bridgehead atoms. The molecule has 158 valence electrons. The van der Waals surface area contributed by atoms with Gasteiger partial charge in [0.25, 0.3) is 0 Å². The smallest absolute Gasteiger partial charge is 0.243 e. The van der Waals surface area contributed by atoms with Crippen molar-refractivity contribution in [2.45, 2.75) is 44.6 Å². The second-order valence-electron chi connectivity index (χ2n) is 8.03. The molecule has 1 amide bonds. The number of nitrogens with one attached hydrogen (secondary N) is 1. The second-order valence-corrected chi connectivity index (χ2v) is 9.94. The summed E-state index contributed by atoms with van der Waals surface area (Å²) in [5.74, 6) is 0.894. The number of ether oxygens (including phenoxy) is 1. The van der Waals surface area contributed by atoms with Gasteiger partial charge in [0.15, 0.2) is 0 Å². The van der Waals surface area contributed by atoms with E-state index < -0.39 is 10.0 Å². The number of hydrogen-bond acceptors (Lipinski definition) is 4. The van der Waals surface area contributed by atoms with Crippen molar-refractivity contribution in [2.24, 2.45) is 11.8 Å². The standard InChI is InChI=1S/C22H30N2O4S/c1-15(2)16(3)23-22(25)17-11-13-24(14-12-17)29(26,27)21-10-9-20(28-4)18-7-5-6-8-19(18)21/h5-10,15-17H,11-14H2,1-4H3,(H,23,25). The fourth-order valence-electron chi connectivity index (χ4n) is 3.65. The average molecular weight is 419 g/mol. The zero-order chi connectivity index (χ0) is 21.2. The van der Waals surface area contributed by atoms with Crippen molar-refractivity contribution in [3.8, 4) is 5.75 Å². The molecule has 7 heteroatoms. The van der Waals surface area contributed by atoms with Crippen LogP contribution in [0.1, 0.15) is 33.6 Å². The largest absolute Gasteiger partial charge is 0.496 e. The number of carbonyl (C=O) groups is 1. The van der Waals surface area contributed by atoms with Crippen LogP contribution in [0.3, 0.4) is 0 Å². The van der Waals surface area contributed by atoms with Crippen molar-refractivity contribution in [1.82, 2.24) is 9.62 Å². The molecule has 1 heterocycles. The Morgan fingerprint density at radius 2 is 1.69 bits per heavy atom. The van der Waals surface area contributed by atoms with Gasteiger partial charge < -0.3 is 10.1 Å². The number of amides is 1. The third kappa shape index (κ3) is 4.41. The topological polar surface area (TPSA) is 75.7 Å². The molecular weight excluding hydrogens is 388 g/mol. The molecule has 1 aliphatic heterocycles. The van der Waals surface area contributed by atoms with Gasteiger partial charge in [-0.25, -0.2) is 8.42 Å². The maximum atomic E-state index is 13.3. The lowest BCUT2D eigenvalue weighted by molar-refractivity contribution is -0.127. The lowest BCUT2D eigenvalue weighted by Gasteiger charge is -2.32. The monoisotopic (exact) mass is 418 g/mol. The quantitative estimate of drug-likeness (QED) is 0.780. The number of methoxy groups -OCH3 is 1. The minimum Gasteiger partial charge on any atom is -0.496 e. The first kappa shape index (κ1) is 21.6. The highest BCUT2D eigenvalue weighted by Gasteiger charge is 2.33. The van der Waals surface area contributed by atoms with Crippen LogP contribution in [-0.4, -0.2) is 44.9 Å². The summed E-state index contributed by atoms with van der Waals surface area (Å²) in [6.07, 6.45) is 1.06. The molecule has 0 aliphatic carbocycles. The molecule has 1 N–H and O–H groups in total. The van der Waals surface area contributed by atoms with Crippen molar-refractivity contribution in [2.75, 3.05) is 20.2 Å². The molecule has 2 aromatic carbocycles. The summed E-state index contributed by atoms with van der Waals surface area (Å²) in [6, 6.07) is 10.8.